The lowest BCUT2D eigenvalue weighted by atomic mass is 9.94. The predicted molar refractivity (Wildman–Crippen MR) is 43.6 cm³/mol. The molecular weight excluding hydrogens is 186 g/mol. The van der Waals surface area contributed by atoms with Crippen LogP contribution >= 0.6 is 11.6 Å². The summed E-state index contributed by atoms with van der Waals surface area (Å²) in [5.41, 5.74) is -1.79. The van der Waals surface area contributed by atoms with E-state index in [1.54, 1.807) is 0 Å². The second kappa shape index (κ2) is 3.16. The number of alkyl halides is 1. The summed E-state index contributed by atoms with van der Waals surface area (Å²) in [7, 11) is 0. The van der Waals surface area contributed by atoms with Crippen LogP contribution in [0.1, 0.15) is 20.8 Å². The van der Waals surface area contributed by atoms with Gasteiger partial charge in [-0.2, -0.15) is 0 Å². The number of rotatable bonds is 3. The lowest BCUT2D eigenvalue weighted by Gasteiger charge is -2.31. The number of halogens is 1. The average Bonchev–Trinajstić information content (AvgIpc) is 1.82. The van der Waals surface area contributed by atoms with Crippen LogP contribution in [0, 0.1) is 10.1 Å². The summed E-state index contributed by atoms with van der Waals surface area (Å²) in [5, 5.41) is 28.9. The molecule has 0 heterocycles. The standard InChI is InChI=1S/C6H12ClNO4/c1-4(9)6(7,8(11)12)5(2,3)10/h4,9-10H,1-3H3. The maximum absolute atomic E-state index is 10.5. The van der Waals surface area contributed by atoms with Crippen LogP contribution in [0.25, 0.3) is 0 Å². The second-order valence-corrected chi connectivity index (χ2v) is 3.74. The molecule has 2 unspecified atom stereocenters. The van der Waals surface area contributed by atoms with Gasteiger partial charge >= 0.3 is 5.00 Å². The highest BCUT2D eigenvalue weighted by Gasteiger charge is 2.58. The molecule has 72 valence electrons. The first-order valence-corrected chi connectivity index (χ1v) is 3.75. The third-order valence-corrected chi connectivity index (χ3v) is 2.59. The Labute approximate surface area is 75.1 Å². The van der Waals surface area contributed by atoms with Crippen LogP contribution in [0.3, 0.4) is 0 Å². The molecule has 0 bridgehead atoms. The number of nitrogens with zero attached hydrogens (tertiary/aromatic N) is 1. The Balaban J connectivity index is 5.02. The Morgan fingerprint density at radius 1 is 1.58 bits per heavy atom. The van der Waals surface area contributed by atoms with Crippen LogP contribution in [-0.2, 0) is 0 Å². The minimum Gasteiger partial charge on any atom is -0.384 e. The molecule has 0 aromatic carbocycles. The van der Waals surface area contributed by atoms with Gasteiger partial charge in [0.15, 0.2) is 0 Å². The fourth-order valence-corrected chi connectivity index (χ4v) is 0.887. The molecule has 0 aromatic rings. The van der Waals surface area contributed by atoms with Crippen molar-refractivity contribution in [2.24, 2.45) is 0 Å². The van der Waals surface area contributed by atoms with Crippen LogP contribution < -0.4 is 0 Å². The van der Waals surface area contributed by atoms with E-state index in [2.05, 4.69) is 0 Å². The van der Waals surface area contributed by atoms with E-state index >= 15 is 0 Å². The Bertz CT molecular complexity index is 188. The number of hydrogen-bond acceptors (Lipinski definition) is 4. The van der Waals surface area contributed by atoms with Crippen molar-refractivity contribution in [1.29, 1.82) is 0 Å². The Morgan fingerprint density at radius 3 is 1.92 bits per heavy atom. The first kappa shape index (κ1) is 11.6. The lowest BCUT2D eigenvalue weighted by molar-refractivity contribution is -0.575. The monoisotopic (exact) mass is 197 g/mol. The number of hydrogen-bond donors (Lipinski definition) is 2. The molecule has 0 spiro atoms. The van der Waals surface area contributed by atoms with Crippen molar-refractivity contribution >= 4 is 11.6 Å². The molecule has 5 nitrogen and oxygen atoms in total. The highest BCUT2D eigenvalue weighted by Crippen LogP contribution is 2.33. The van der Waals surface area contributed by atoms with Gasteiger partial charge in [0, 0.05) is 4.92 Å². The topological polar surface area (TPSA) is 83.6 Å². The fourth-order valence-electron chi connectivity index (χ4n) is 0.887. The molecule has 0 amide bonds. The highest BCUT2D eigenvalue weighted by atomic mass is 35.5. The molecule has 0 aliphatic heterocycles. The molecule has 2 N–H and O–H groups in total. The zero-order valence-corrected chi connectivity index (χ0v) is 7.87. The highest BCUT2D eigenvalue weighted by molar-refractivity contribution is 6.23. The normalized spacial score (nSPS) is 19.8. The average molecular weight is 198 g/mol. The zero-order valence-electron chi connectivity index (χ0n) is 7.11. The van der Waals surface area contributed by atoms with Crippen molar-refractivity contribution in [3.63, 3.8) is 0 Å². The van der Waals surface area contributed by atoms with Crippen molar-refractivity contribution in [1.82, 2.24) is 0 Å². The molecule has 0 rings (SSSR count). The van der Waals surface area contributed by atoms with E-state index in [-0.39, 0.29) is 0 Å². The van der Waals surface area contributed by atoms with Gasteiger partial charge in [-0.25, -0.2) is 0 Å². The third kappa shape index (κ3) is 1.68. The summed E-state index contributed by atoms with van der Waals surface area (Å²) < 4.78 is 0. The van der Waals surface area contributed by atoms with Gasteiger partial charge in [0.2, 0.25) is 0 Å². The van der Waals surface area contributed by atoms with Crippen LogP contribution in [0.4, 0.5) is 0 Å². The maximum atomic E-state index is 10.5. The summed E-state index contributed by atoms with van der Waals surface area (Å²) in [5.74, 6) is 0. The number of nitro groups is 1. The van der Waals surface area contributed by atoms with E-state index in [9.17, 15) is 15.2 Å². The van der Waals surface area contributed by atoms with E-state index in [4.69, 9.17) is 16.7 Å². The molecule has 2 atom stereocenters. The molecule has 0 aliphatic rings. The third-order valence-electron chi connectivity index (χ3n) is 1.68. The minimum absolute atomic E-state index is 0.890. The van der Waals surface area contributed by atoms with Crippen molar-refractivity contribution in [2.75, 3.05) is 0 Å². The van der Waals surface area contributed by atoms with Crippen molar-refractivity contribution < 1.29 is 15.1 Å². The molecule has 12 heavy (non-hydrogen) atoms. The lowest BCUT2D eigenvalue weighted by Crippen LogP contribution is -2.58. The summed E-state index contributed by atoms with van der Waals surface area (Å²) in [4.78, 5) is 7.32. The Hall–Kier alpha value is -0.390. The summed E-state index contributed by atoms with van der Waals surface area (Å²) >= 11 is 5.49. The van der Waals surface area contributed by atoms with E-state index < -0.39 is 21.6 Å². The SMILES string of the molecule is CC(O)C(Cl)([N+](=O)[O-])C(C)(C)O. The van der Waals surface area contributed by atoms with E-state index in [1.165, 1.54) is 13.8 Å². The number of aliphatic hydroxyl groups is 2. The maximum Gasteiger partial charge on any atom is 0.347 e. The van der Waals surface area contributed by atoms with Gasteiger partial charge in [-0.05, 0) is 32.4 Å². The van der Waals surface area contributed by atoms with E-state index in [1.807, 2.05) is 0 Å². The van der Waals surface area contributed by atoms with Crippen LogP contribution in [-0.4, -0.2) is 31.8 Å². The fraction of sp³-hybridized carbons (Fsp3) is 1.00. The van der Waals surface area contributed by atoms with Gasteiger partial charge in [0.25, 0.3) is 0 Å². The number of aliphatic hydroxyl groups excluding tert-OH is 1. The van der Waals surface area contributed by atoms with Gasteiger partial charge < -0.3 is 10.2 Å². The molecular formula is C6H12ClNO4. The van der Waals surface area contributed by atoms with Crippen molar-refractivity contribution in [3.8, 4) is 0 Å². The molecule has 0 aliphatic carbocycles. The molecule has 0 radical (unpaired) electrons. The quantitative estimate of drug-likeness (QED) is 0.296. The molecule has 0 saturated heterocycles. The summed E-state index contributed by atoms with van der Waals surface area (Å²) in [6.45, 7) is 3.51. The molecule has 0 fully saturated rings. The predicted octanol–water partition coefficient (Wildman–Crippen LogP) is 0.350. The van der Waals surface area contributed by atoms with Gasteiger partial charge in [-0.1, -0.05) is 0 Å². The molecule has 0 aromatic heterocycles. The largest absolute Gasteiger partial charge is 0.384 e. The van der Waals surface area contributed by atoms with Gasteiger partial charge in [-0.15, -0.1) is 0 Å². The Morgan fingerprint density at radius 2 is 1.92 bits per heavy atom. The van der Waals surface area contributed by atoms with Crippen LogP contribution in [0.15, 0.2) is 0 Å². The summed E-state index contributed by atoms with van der Waals surface area (Å²) in [6, 6.07) is 0. The van der Waals surface area contributed by atoms with Gasteiger partial charge in [-0.3, -0.25) is 10.1 Å². The zero-order chi connectivity index (χ0) is 10.2. The summed E-state index contributed by atoms with van der Waals surface area (Å²) in [6.07, 6.45) is -1.44. The Kier molecular flexibility index (Phi) is 3.06. The van der Waals surface area contributed by atoms with Gasteiger partial charge in [0.05, 0.1) is 0 Å². The second-order valence-electron chi connectivity index (χ2n) is 3.17. The first-order chi connectivity index (χ1) is 5.14. The minimum atomic E-state index is -2.26. The van der Waals surface area contributed by atoms with Crippen LogP contribution in [0.2, 0.25) is 0 Å². The molecule has 0 saturated carbocycles. The smallest absolute Gasteiger partial charge is 0.347 e. The first-order valence-electron chi connectivity index (χ1n) is 3.38. The van der Waals surface area contributed by atoms with E-state index in [0.29, 0.717) is 0 Å². The van der Waals surface area contributed by atoms with Crippen molar-refractivity contribution in [2.45, 2.75) is 37.5 Å². The van der Waals surface area contributed by atoms with Crippen LogP contribution in [0.5, 0.6) is 0 Å². The van der Waals surface area contributed by atoms with Gasteiger partial charge in [0.1, 0.15) is 11.7 Å². The van der Waals surface area contributed by atoms with E-state index in [0.717, 1.165) is 6.92 Å². The molecule has 6 heteroatoms. The van der Waals surface area contributed by atoms with Crippen molar-refractivity contribution in [3.05, 3.63) is 10.1 Å².